The topological polar surface area (TPSA) is 238 Å². The molecule has 2 rings (SSSR count). The van der Waals surface area contributed by atoms with Crippen molar-refractivity contribution in [3.8, 4) is 0 Å². The number of nitro benzene ring substituents is 1. The molecular formula is C20H22F3N7O9S. The Labute approximate surface area is 222 Å². The number of pyridine rings is 1. The van der Waals surface area contributed by atoms with Crippen molar-refractivity contribution in [2.75, 3.05) is 17.9 Å². The second-order valence-electron chi connectivity index (χ2n) is 7.84. The number of nitrogens with one attached hydrogen (secondary N) is 4. The molecule has 1 heterocycles. The lowest BCUT2D eigenvalue weighted by molar-refractivity contribution is -0.385. The number of nitrogens with zero attached hydrogens (tertiary/aromatic N) is 2. The number of carbonyl (C=O) groups excluding carboxylic acids is 2. The Morgan fingerprint density at radius 2 is 1.90 bits per heavy atom. The highest BCUT2D eigenvalue weighted by atomic mass is 32.2. The average Bonchev–Trinajstić information content (AvgIpc) is 2.84. The maximum atomic E-state index is 13.0. The van der Waals surface area contributed by atoms with Crippen LogP contribution in [0.2, 0.25) is 0 Å². The molecule has 218 valence electrons. The van der Waals surface area contributed by atoms with Gasteiger partial charge in [0.25, 0.3) is 15.7 Å². The summed E-state index contributed by atoms with van der Waals surface area (Å²) in [6.45, 7) is 2.06. The zero-order valence-electron chi connectivity index (χ0n) is 20.6. The number of aromatic nitrogens is 1. The molecule has 0 radical (unpaired) electrons. The number of halogens is 3. The summed E-state index contributed by atoms with van der Waals surface area (Å²) in [5.74, 6) is -5.67. The first-order valence-electron chi connectivity index (χ1n) is 10.8. The molecule has 16 nitrogen and oxygen atoms in total. The van der Waals surface area contributed by atoms with Crippen LogP contribution in [0.4, 0.5) is 24.5 Å². The van der Waals surface area contributed by atoms with Crippen molar-refractivity contribution < 1.29 is 45.8 Å². The minimum Gasteiger partial charge on any atom is -0.368 e. The Kier molecular flexibility index (Phi) is 9.78. The van der Waals surface area contributed by atoms with E-state index >= 15 is 0 Å². The molecular weight excluding hydrogens is 571 g/mol. The predicted molar refractivity (Wildman–Crippen MR) is 129 cm³/mol. The first-order chi connectivity index (χ1) is 18.5. The van der Waals surface area contributed by atoms with Crippen LogP contribution in [0.15, 0.2) is 40.0 Å². The van der Waals surface area contributed by atoms with Gasteiger partial charge in [-0.05, 0) is 31.5 Å². The lowest BCUT2D eigenvalue weighted by atomic mass is 10.1. The number of carbonyl (C=O) groups is 2. The van der Waals surface area contributed by atoms with Gasteiger partial charge in [-0.25, -0.2) is 18.7 Å². The summed E-state index contributed by atoms with van der Waals surface area (Å²) in [6.07, 6.45) is -5.57. The summed E-state index contributed by atoms with van der Waals surface area (Å²) in [5, 5.41) is 20.3. The van der Waals surface area contributed by atoms with Gasteiger partial charge >= 0.3 is 17.7 Å². The molecule has 0 spiro atoms. The van der Waals surface area contributed by atoms with Crippen LogP contribution in [-0.2, 0) is 24.4 Å². The predicted octanol–water partition coefficient (Wildman–Crippen LogP) is 0.0176. The number of hydrogen-bond donors (Lipinski definition) is 5. The van der Waals surface area contributed by atoms with Crippen LogP contribution in [0.25, 0.3) is 0 Å². The number of nitrogens with two attached hydrogens (primary N) is 1. The average molecular weight is 593 g/mol. The van der Waals surface area contributed by atoms with Gasteiger partial charge in [-0.2, -0.15) is 13.2 Å². The molecule has 0 saturated heterocycles. The Hall–Kier alpha value is -4.72. The third-order valence-electron chi connectivity index (χ3n) is 4.91. The number of benzene rings is 1. The van der Waals surface area contributed by atoms with Crippen molar-refractivity contribution >= 4 is 39.2 Å². The van der Waals surface area contributed by atoms with Crippen molar-refractivity contribution in [2.45, 2.75) is 30.8 Å². The van der Waals surface area contributed by atoms with Crippen LogP contribution in [0.1, 0.15) is 24.1 Å². The Bertz CT molecular complexity index is 1490. The van der Waals surface area contributed by atoms with Crippen molar-refractivity contribution in [3.05, 3.63) is 62.1 Å². The van der Waals surface area contributed by atoms with Crippen LogP contribution in [0.3, 0.4) is 0 Å². The third kappa shape index (κ3) is 7.89. The number of anilines is 1. The fourth-order valence-corrected chi connectivity index (χ4v) is 4.32. The molecule has 1 unspecified atom stereocenters. The molecule has 1 atom stereocenters. The van der Waals surface area contributed by atoms with Crippen molar-refractivity contribution in [2.24, 2.45) is 5.73 Å². The number of hydrogen-bond acceptors (Lipinski definition) is 10. The summed E-state index contributed by atoms with van der Waals surface area (Å²) in [7, 11) is -4.72. The van der Waals surface area contributed by atoms with Crippen LogP contribution < -0.4 is 31.6 Å². The zero-order chi connectivity index (χ0) is 30.4. The molecule has 0 aliphatic heterocycles. The van der Waals surface area contributed by atoms with Crippen LogP contribution >= 0.6 is 0 Å². The highest BCUT2D eigenvalue weighted by Crippen LogP contribution is 2.24. The van der Waals surface area contributed by atoms with Crippen LogP contribution in [0, 0.1) is 22.4 Å². The van der Waals surface area contributed by atoms with E-state index in [9.17, 15) is 46.1 Å². The Morgan fingerprint density at radius 1 is 1.25 bits per heavy atom. The molecule has 1 aromatic heterocycles. The van der Waals surface area contributed by atoms with E-state index in [0.717, 1.165) is 31.2 Å². The monoisotopic (exact) mass is 593 g/mol. The summed E-state index contributed by atoms with van der Waals surface area (Å²) < 4.78 is 66.2. The van der Waals surface area contributed by atoms with Crippen molar-refractivity contribution in [3.63, 3.8) is 0 Å². The number of alkyl halides is 3. The molecule has 0 fully saturated rings. The summed E-state index contributed by atoms with van der Waals surface area (Å²) in [5.41, 5.74) is 3.36. The number of nitro groups is 1. The van der Waals surface area contributed by atoms with E-state index in [1.807, 2.05) is 10.2 Å². The van der Waals surface area contributed by atoms with E-state index in [0.29, 0.717) is 6.07 Å². The molecule has 1 aromatic carbocycles. The molecule has 2 aromatic rings. The number of aryl methyl sites for hydroxylation is 1. The van der Waals surface area contributed by atoms with E-state index in [2.05, 4.69) is 10.2 Å². The van der Waals surface area contributed by atoms with Gasteiger partial charge < -0.3 is 15.9 Å². The molecule has 0 saturated carbocycles. The molecule has 0 aliphatic carbocycles. The van der Waals surface area contributed by atoms with Gasteiger partial charge in [0.2, 0.25) is 11.9 Å². The minimum atomic E-state index is -5.57. The van der Waals surface area contributed by atoms with Gasteiger partial charge in [0.1, 0.15) is 5.69 Å². The second-order valence-corrected chi connectivity index (χ2v) is 9.49. The van der Waals surface area contributed by atoms with Crippen molar-refractivity contribution in [1.82, 2.24) is 15.5 Å². The number of rotatable bonds is 11. The number of amides is 1. The quantitative estimate of drug-likeness (QED) is 0.0765. The van der Waals surface area contributed by atoms with Crippen LogP contribution in [0.5, 0.6) is 0 Å². The van der Waals surface area contributed by atoms with E-state index in [4.69, 9.17) is 16.0 Å². The Morgan fingerprint density at radius 3 is 2.48 bits per heavy atom. The van der Waals surface area contributed by atoms with Gasteiger partial charge in [-0.15, -0.1) is 4.73 Å². The highest BCUT2D eigenvalue weighted by Gasteiger charge is 2.43. The number of sulfonamides is 1. The molecule has 0 bridgehead atoms. The van der Waals surface area contributed by atoms with E-state index in [1.54, 1.807) is 0 Å². The maximum absolute atomic E-state index is 13.0. The lowest BCUT2D eigenvalue weighted by Gasteiger charge is -2.19. The number of non-ortho nitro benzene ring substituents is 1. The smallest absolute Gasteiger partial charge is 0.368 e. The Balaban J connectivity index is 2.46. The molecule has 1 amide bonds. The largest absolute Gasteiger partial charge is 0.493 e. The summed E-state index contributed by atoms with van der Waals surface area (Å²) in [4.78, 5) is 55.5. The van der Waals surface area contributed by atoms with Gasteiger partial charge in [0.15, 0.2) is 0 Å². The third-order valence-corrected chi connectivity index (χ3v) is 6.42. The SMILES string of the molecule is Cc1ccc([N+](=O)[O-])cc1S(=O)(=O)Nc1ccc(C(C)C(=O)NCCONC(=N)N)n(OC(=O)C(F)(F)F)c1=O. The standard InChI is InChI=1S/C20H22F3N7O9S/c1-10-3-4-12(30(34)35)9-15(10)40(36,37)28-13-5-6-14(29(17(13)32)39-18(33)20(21,22)23)11(2)16(31)26-7-8-38-27-19(24)25/h3-6,9,11,28H,7-8H2,1-2H3,(H,26,31)(H4,24,25,27). The number of hydroxylamine groups is 1. The van der Waals surface area contributed by atoms with Gasteiger partial charge in [0.05, 0.1) is 28.0 Å². The van der Waals surface area contributed by atoms with Gasteiger partial charge in [0, 0.05) is 18.7 Å². The molecule has 20 heteroatoms. The van der Waals surface area contributed by atoms with Crippen molar-refractivity contribution in [1.29, 1.82) is 5.41 Å². The van der Waals surface area contributed by atoms with Gasteiger partial charge in [-0.1, -0.05) is 6.07 Å². The zero-order valence-corrected chi connectivity index (χ0v) is 21.4. The lowest BCUT2D eigenvalue weighted by Crippen LogP contribution is -2.42. The molecule has 40 heavy (non-hydrogen) atoms. The highest BCUT2D eigenvalue weighted by molar-refractivity contribution is 7.92. The molecule has 0 aliphatic rings. The molecule has 6 N–H and O–H groups in total. The minimum absolute atomic E-state index is 0.0336. The summed E-state index contributed by atoms with van der Waals surface area (Å²) in [6, 6.07) is 4.53. The van der Waals surface area contributed by atoms with Gasteiger partial charge in [-0.3, -0.25) is 34.7 Å². The van der Waals surface area contributed by atoms with E-state index in [-0.39, 0.29) is 23.4 Å². The summed E-state index contributed by atoms with van der Waals surface area (Å²) >= 11 is 0. The second kappa shape index (κ2) is 12.4. The first-order valence-corrected chi connectivity index (χ1v) is 12.3. The first kappa shape index (κ1) is 31.5. The number of guanidine groups is 1. The van der Waals surface area contributed by atoms with E-state index < -0.39 is 72.4 Å². The fourth-order valence-electron chi connectivity index (χ4n) is 2.99. The maximum Gasteiger partial charge on any atom is 0.493 e. The fraction of sp³-hybridized carbons (Fsp3) is 0.300. The van der Waals surface area contributed by atoms with Crippen LogP contribution in [-0.4, -0.2) is 55.2 Å². The van der Waals surface area contributed by atoms with E-state index in [1.165, 1.54) is 6.92 Å². The normalized spacial score (nSPS) is 12.2.